The highest BCUT2D eigenvalue weighted by atomic mass is 16.7. The Morgan fingerprint density at radius 3 is 2.34 bits per heavy atom. The Labute approximate surface area is 169 Å². The number of aliphatic hydroxyl groups excluding tert-OH is 2. The highest BCUT2D eigenvalue weighted by molar-refractivity contribution is 5.81. The highest BCUT2D eigenvalue weighted by Crippen LogP contribution is 2.27. The second kappa shape index (κ2) is 13.3. The van der Waals surface area contributed by atoms with E-state index < -0.39 is 48.6 Å². The van der Waals surface area contributed by atoms with E-state index in [0.29, 0.717) is 6.42 Å². The molecule has 0 aliphatic carbocycles. The topological polar surface area (TPSA) is 138 Å². The van der Waals surface area contributed by atoms with E-state index in [1.807, 2.05) is 6.92 Å². The predicted molar refractivity (Wildman–Crippen MR) is 98.4 cm³/mol. The van der Waals surface area contributed by atoms with Gasteiger partial charge in [-0.15, -0.1) is 0 Å². The number of rotatable bonds is 12. The smallest absolute Gasteiger partial charge is 0.330 e. The van der Waals surface area contributed by atoms with Gasteiger partial charge in [0.1, 0.15) is 25.4 Å². The van der Waals surface area contributed by atoms with Crippen molar-refractivity contribution in [3.8, 4) is 0 Å². The Bertz CT molecular complexity index is 549. The van der Waals surface area contributed by atoms with E-state index in [-0.39, 0.29) is 26.1 Å². The molecule has 29 heavy (non-hydrogen) atoms. The SMILES string of the molecule is C=CC(=O)OCCOC(=O)CCC(=O)OC1C(O)C(CCCC)OC(OC)C1O. The molecule has 0 bridgehead atoms. The van der Waals surface area contributed by atoms with Gasteiger partial charge in [0.05, 0.1) is 18.9 Å². The van der Waals surface area contributed by atoms with Crippen molar-refractivity contribution in [2.24, 2.45) is 0 Å². The zero-order chi connectivity index (χ0) is 21.8. The molecule has 0 aromatic heterocycles. The van der Waals surface area contributed by atoms with Crippen molar-refractivity contribution in [2.75, 3.05) is 20.3 Å². The van der Waals surface area contributed by atoms with Gasteiger partial charge < -0.3 is 33.9 Å². The third kappa shape index (κ3) is 8.48. The van der Waals surface area contributed by atoms with Crippen LogP contribution < -0.4 is 0 Å². The second-order valence-corrected chi connectivity index (χ2v) is 6.45. The van der Waals surface area contributed by atoms with Gasteiger partial charge in [-0.2, -0.15) is 0 Å². The molecular weight excluding hydrogens is 388 g/mol. The summed E-state index contributed by atoms with van der Waals surface area (Å²) in [4.78, 5) is 34.5. The van der Waals surface area contributed by atoms with Gasteiger partial charge in [-0.25, -0.2) is 4.79 Å². The molecule has 1 aliphatic heterocycles. The maximum Gasteiger partial charge on any atom is 0.330 e. The van der Waals surface area contributed by atoms with Gasteiger partial charge in [-0.05, 0) is 6.42 Å². The second-order valence-electron chi connectivity index (χ2n) is 6.45. The number of hydrogen-bond donors (Lipinski definition) is 2. The molecule has 1 fully saturated rings. The van der Waals surface area contributed by atoms with Crippen LogP contribution in [0.25, 0.3) is 0 Å². The van der Waals surface area contributed by atoms with E-state index in [1.54, 1.807) is 0 Å². The summed E-state index contributed by atoms with van der Waals surface area (Å²) in [5.74, 6) is -2.10. The zero-order valence-corrected chi connectivity index (χ0v) is 16.8. The largest absolute Gasteiger partial charge is 0.462 e. The Morgan fingerprint density at radius 1 is 1.07 bits per heavy atom. The molecule has 5 unspecified atom stereocenters. The molecule has 0 aromatic rings. The van der Waals surface area contributed by atoms with E-state index in [0.717, 1.165) is 18.9 Å². The van der Waals surface area contributed by atoms with Crippen LogP contribution in [0.4, 0.5) is 0 Å². The average Bonchev–Trinajstić information content (AvgIpc) is 2.71. The maximum absolute atomic E-state index is 12.1. The minimum absolute atomic E-state index is 0.126. The van der Waals surface area contributed by atoms with Crippen LogP contribution in [0.15, 0.2) is 12.7 Å². The summed E-state index contributed by atoms with van der Waals surface area (Å²) < 4.78 is 25.2. The minimum Gasteiger partial charge on any atom is -0.462 e. The van der Waals surface area contributed by atoms with Gasteiger partial charge in [0.15, 0.2) is 12.4 Å². The standard InChI is InChI=1S/C19H30O10/c1-4-6-7-12-16(23)18(17(24)19(25-3)28-12)29-15(22)9-8-14(21)27-11-10-26-13(20)5-2/h5,12,16-19,23-24H,2,4,6-11H2,1,3H3. The molecule has 10 heteroatoms. The van der Waals surface area contributed by atoms with Gasteiger partial charge >= 0.3 is 17.9 Å². The monoisotopic (exact) mass is 418 g/mol. The number of ether oxygens (including phenoxy) is 5. The van der Waals surface area contributed by atoms with E-state index in [9.17, 15) is 24.6 Å². The van der Waals surface area contributed by atoms with Crippen LogP contribution in [0, 0.1) is 0 Å². The molecular formula is C19H30O10. The van der Waals surface area contributed by atoms with Crippen molar-refractivity contribution in [2.45, 2.75) is 69.7 Å². The maximum atomic E-state index is 12.1. The highest BCUT2D eigenvalue weighted by Gasteiger charge is 2.46. The summed E-state index contributed by atoms with van der Waals surface area (Å²) >= 11 is 0. The quantitative estimate of drug-likeness (QED) is 0.196. The lowest BCUT2D eigenvalue weighted by atomic mass is 9.95. The molecule has 1 heterocycles. The third-order valence-electron chi connectivity index (χ3n) is 4.27. The summed E-state index contributed by atoms with van der Waals surface area (Å²) in [5, 5.41) is 20.7. The Kier molecular flexibility index (Phi) is 11.4. The van der Waals surface area contributed by atoms with Gasteiger partial charge in [0, 0.05) is 13.2 Å². The number of carbonyl (C=O) groups is 3. The number of aliphatic hydroxyl groups is 2. The number of methoxy groups -OCH3 is 1. The summed E-state index contributed by atoms with van der Waals surface area (Å²) in [6, 6.07) is 0. The first-order chi connectivity index (χ1) is 13.8. The molecule has 0 spiro atoms. The predicted octanol–water partition coefficient (Wildman–Crippen LogP) is 0.234. The Balaban J connectivity index is 2.46. The number of carbonyl (C=O) groups excluding carboxylic acids is 3. The molecule has 10 nitrogen and oxygen atoms in total. The summed E-state index contributed by atoms with van der Waals surface area (Å²) in [6.45, 7) is 4.93. The summed E-state index contributed by atoms with van der Waals surface area (Å²) in [5.41, 5.74) is 0. The number of hydrogen-bond acceptors (Lipinski definition) is 10. The Morgan fingerprint density at radius 2 is 1.72 bits per heavy atom. The van der Waals surface area contributed by atoms with Crippen molar-refractivity contribution in [1.29, 1.82) is 0 Å². The van der Waals surface area contributed by atoms with Crippen molar-refractivity contribution in [3.05, 3.63) is 12.7 Å². The molecule has 1 saturated heterocycles. The normalized spacial score (nSPS) is 26.4. The van der Waals surface area contributed by atoms with Gasteiger partial charge in [0.2, 0.25) is 0 Å². The molecule has 1 aliphatic rings. The van der Waals surface area contributed by atoms with Crippen LogP contribution >= 0.6 is 0 Å². The fraction of sp³-hybridized carbons (Fsp3) is 0.737. The first-order valence-corrected chi connectivity index (χ1v) is 9.52. The van der Waals surface area contributed by atoms with Gasteiger partial charge in [0.25, 0.3) is 0 Å². The lowest BCUT2D eigenvalue weighted by Gasteiger charge is -2.41. The molecule has 0 radical (unpaired) electrons. The molecule has 1 rings (SSSR count). The minimum atomic E-state index is -1.37. The van der Waals surface area contributed by atoms with Crippen LogP contribution in [-0.4, -0.2) is 79.2 Å². The fourth-order valence-electron chi connectivity index (χ4n) is 2.72. The molecule has 166 valence electrons. The van der Waals surface area contributed by atoms with Crippen molar-refractivity contribution in [1.82, 2.24) is 0 Å². The molecule has 0 aromatic carbocycles. The van der Waals surface area contributed by atoms with Crippen LogP contribution in [0.3, 0.4) is 0 Å². The van der Waals surface area contributed by atoms with Crippen LogP contribution in [0.1, 0.15) is 39.0 Å². The Hall–Kier alpha value is -2.01. The zero-order valence-electron chi connectivity index (χ0n) is 16.8. The lowest BCUT2D eigenvalue weighted by molar-refractivity contribution is -0.293. The third-order valence-corrected chi connectivity index (χ3v) is 4.27. The first-order valence-electron chi connectivity index (χ1n) is 9.52. The van der Waals surface area contributed by atoms with Gasteiger partial charge in [-0.3, -0.25) is 9.59 Å². The fourth-order valence-corrected chi connectivity index (χ4v) is 2.72. The summed E-state index contributed by atoms with van der Waals surface area (Å²) in [7, 11) is 1.34. The van der Waals surface area contributed by atoms with E-state index in [1.165, 1.54) is 7.11 Å². The number of unbranched alkanes of at least 4 members (excludes halogenated alkanes) is 1. The molecule has 0 saturated carbocycles. The van der Waals surface area contributed by atoms with Crippen molar-refractivity contribution < 1.29 is 48.3 Å². The van der Waals surface area contributed by atoms with Crippen LogP contribution in [0.5, 0.6) is 0 Å². The molecule has 2 N–H and O–H groups in total. The van der Waals surface area contributed by atoms with Gasteiger partial charge in [-0.1, -0.05) is 26.3 Å². The number of esters is 3. The molecule has 0 amide bonds. The van der Waals surface area contributed by atoms with Crippen LogP contribution in [-0.2, 0) is 38.1 Å². The lowest BCUT2D eigenvalue weighted by Crippen LogP contribution is -2.59. The average molecular weight is 418 g/mol. The van der Waals surface area contributed by atoms with Crippen molar-refractivity contribution in [3.63, 3.8) is 0 Å². The van der Waals surface area contributed by atoms with E-state index in [2.05, 4.69) is 11.3 Å². The van der Waals surface area contributed by atoms with E-state index >= 15 is 0 Å². The molecule has 5 atom stereocenters. The van der Waals surface area contributed by atoms with E-state index in [4.69, 9.17) is 18.9 Å². The first kappa shape index (κ1) is 25.0. The summed E-state index contributed by atoms with van der Waals surface area (Å²) in [6.07, 6.45) is -2.94. The van der Waals surface area contributed by atoms with Crippen LogP contribution in [0.2, 0.25) is 0 Å². The van der Waals surface area contributed by atoms with Crippen molar-refractivity contribution >= 4 is 17.9 Å².